The molecule has 8 nitrogen and oxygen atoms in total. The van der Waals surface area contributed by atoms with E-state index in [9.17, 15) is 19.2 Å². The Morgan fingerprint density at radius 3 is 2.05 bits per heavy atom. The van der Waals surface area contributed by atoms with Gasteiger partial charge in [-0.05, 0) is 43.2 Å². The van der Waals surface area contributed by atoms with Crippen LogP contribution in [0.4, 0.5) is 4.79 Å². The van der Waals surface area contributed by atoms with Gasteiger partial charge in [0.2, 0.25) is 11.8 Å². The SMILES string of the molecule is CC(C)C[C@H](NC(=O)OCc1ccccc1)C(=O)N[C@@H](Cc1ccccc1)C(=O)N(C(C)C=O)C1CCCCC1. The highest BCUT2D eigenvalue weighted by Crippen LogP contribution is 2.25. The summed E-state index contributed by atoms with van der Waals surface area (Å²) in [4.78, 5) is 53.8. The maximum atomic E-state index is 14.0. The number of ether oxygens (including phenoxy) is 1. The van der Waals surface area contributed by atoms with Crippen LogP contribution < -0.4 is 10.6 Å². The molecule has 2 N–H and O–H groups in total. The zero-order valence-corrected chi connectivity index (χ0v) is 23.9. The molecule has 1 fully saturated rings. The normalized spacial score (nSPS) is 15.9. The molecule has 1 aliphatic carbocycles. The van der Waals surface area contributed by atoms with Crippen LogP contribution in [-0.4, -0.2) is 53.3 Å². The second-order valence-electron chi connectivity index (χ2n) is 11.1. The van der Waals surface area contributed by atoms with Gasteiger partial charge in [-0.25, -0.2) is 4.79 Å². The van der Waals surface area contributed by atoms with E-state index in [1.807, 2.05) is 74.5 Å². The lowest BCUT2D eigenvalue weighted by Crippen LogP contribution is -2.59. The number of benzene rings is 2. The molecule has 1 saturated carbocycles. The molecule has 0 aromatic heterocycles. The molecule has 2 aromatic carbocycles. The molecule has 2 aromatic rings. The number of carbonyl (C=O) groups excluding carboxylic acids is 4. The summed E-state index contributed by atoms with van der Waals surface area (Å²) in [5, 5.41) is 5.63. The molecule has 40 heavy (non-hydrogen) atoms. The molecule has 3 rings (SSSR count). The predicted octanol–water partition coefficient (Wildman–Crippen LogP) is 4.80. The lowest BCUT2D eigenvalue weighted by Gasteiger charge is -2.39. The molecular formula is C32H43N3O5. The fourth-order valence-corrected chi connectivity index (χ4v) is 5.25. The Hall–Kier alpha value is -3.68. The van der Waals surface area contributed by atoms with E-state index in [2.05, 4.69) is 10.6 Å². The monoisotopic (exact) mass is 549 g/mol. The minimum Gasteiger partial charge on any atom is -0.445 e. The molecule has 216 valence electrons. The highest BCUT2D eigenvalue weighted by Gasteiger charge is 2.36. The maximum absolute atomic E-state index is 14.0. The van der Waals surface area contributed by atoms with E-state index in [0.717, 1.165) is 49.5 Å². The number of carbonyl (C=O) groups is 4. The number of nitrogens with zero attached hydrogens (tertiary/aromatic N) is 1. The van der Waals surface area contributed by atoms with Crippen molar-refractivity contribution in [2.45, 2.75) is 96.5 Å². The molecule has 1 unspecified atom stereocenters. The summed E-state index contributed by atoms with van der Waals surface area (Å²) >= 11 is 0. The van der Waals surface area contributed by atoms with Crippen LogP contribution in [0.15, 0.2) is 60.7 Å². The average molecular weight is 550 g/mol. The number of aldehydes is 1. The van der Waals surface area contributed by atoms with Gasteiger partial charge in [0.15, 0.2) is 0 Å². The van der Waals surface area contributed by atoms with Crippen LogP contribution in [0.5, 0.6) is 0 Å². The first-order chi connectivity index (χ1) is 19.3. The van der Waals surface area contributed by atoms with Gasteiger partial charge in [0.25, 0.3) is 0 Å². The minimum absolute atomic E-state index is 0.0471. The van der Waals surface area contributed by atoms with Crippen molar-refractivity contribution in [1.29, 1.82) is 0 Å². The largest absolute Gasteiger partial charge is 0.445 e. The van der Waals surface area contributed by atoms with E-state index < -0.39 is 30.1 Å². The van der Waals surface area contributed by atoms with Gasteiger partial charge in [0.1, 0.15) is 25.0 Å². The van der Waals surface area contributed by atoms with Crippen molar-refractivity contribution in [2.24, 2.45) is 5.92 Å². The smallest absolute Gasteiger partial charge is 0.408 e. The van der Waals surface area contributed by atoms with Crippen LogP contribution in [0.1, 0.15) is 70.4 Å². The molecule has 1 aliphatic rings. The summed E-state index contributed by atoms with van der Waals surface area (Å²) in [6.07, 6.45) is 5.52. The summed E-state index contributed by atoms with van der Waals surface area (Å²) in [6.45, 7) is 5.73. The molecule has 0 saturated heterocycles. The number of alkyl carbamates (subject to hydrolysis) is 1. The number of hydrogen-bond acceptors (Lipinski definition) is 5. The Bertz CT molecular complexity index is 1090. The zero-order chi connectivity index (χ0) is 28.9. The quantitative estimate of drug-likeness (QED) is 0.349. The molecule has 8 heteroatoms. The van der Waals surface area contributed by atoms with Crippen molar-refractivity contribution in [3.8, 4) is 0 Å². The van der Waals surface area contributed by atoms with Crippen molar-refractivity contribution in [1.82, 2.24) is 15.5 Å². The third kappa shape index (κ3) is 9.50. The van der Waals surface area contributed by atoms with Crippen LogP contribution in [0, 0.1) is 5.92 Å². The van der Waals surface area contributed by atoms with E-state index in [0.29, 0.717) is 6.42 Å². The topological polar surface area (TPSA) is 105 Å². The first kappa shape index (κ1) is 30.9. The minimum atomic E-state index is -0.893. The second kappa shape index (κ2) is 15.8. The van der Waals surface area contributed by atoms with Gasteiger partial charge in [-0.3, -0.25) is 9.59 Å². The van der Waals surface area contributed by atoms with Gasteiger partial charge in [-0.15, -0.1) is 0 Å². The van der Waals surface area contributed by atoms with Crippen molar-refractivity contribution in [2.75, 3.05) is 0 Å². The number of hydrogen-bond donors (Lipinski definition) is 2. The van der Waals surface area contributed by atoms with Crippen molar-refractivity contribution < 1.29 is 23.9 Å². The average Bonchev–Trinajstić information content (AvgIpc) is 2.96. The summed E-state index contributed by atoms with van der Waals surface area (Å²) in [5.74, 6) is -0.636. The van der Waals surface area contributed by atoms with Crippen molar-refractivity contribution in [3.05, 3.63) is 71.8 Å². The van der Waals surface area contributed by atoms with Gasteiger partial charge in [0, 0.05) is 12.5 Å². The third-order valence-electron chi connectivity index (χ3n) is 7.28. The lowest BCUT2D eigenvalue weighted by molar-refractivity contribution is -0.143. The fraction of sp³-hybridized carbons (Fsp3) is 0.500. The van der Waals surface area contributed by atoms with Gasteiger partial charge in [-0.1, -0.05) is 93.8 Å². The molecule has 0 heterocycles. The van der Waals surface area contributed by atoms with E-state index in [-0.39, 0.29) is 30.9 Å². The number of nitrogens with one attached hydrogen (secondary N) is 2. The van der Waals surface area contributed by atoms with E-state index >= 15 is 0 Å². The standard InChI is InChI=1S/C32H43N3O5/c1-23(2)19-28(34-32(39)40-22-26-15-9-5-10-16-26)30(37)33-29(20-25-13-7-4-8-14-25)31(38)35(24(3)21-36)27-17-11-6-12-18-27/h4-5,7-10,13-16,21,23-24,27-29H,6,11-12,17-20,22H2,1-3H3,(H,33,37)(H,34,39)/t24?,28-,29-/m0/s1. The first-order valence-corrected chi connectivity index (χ1v) is 14.4. The predicted molar refractivity (Wildman–Crippen MR) is 154 cm³/mol. The van der Waals surface area contributed by atoms with E-state index in [1.54, 1.807) is 11.8 Å². The molecule has 0 spiro atoms. The Morgan fingerprint density at radius 1 is 0.875 bits per heavy atom. The van der Waals surface area contributed by atoms with Crippen LogP contribution >= 0.6 is 0 Å². The Kier molecular flexibility index (Phi) is 12.2. The Labute approximate surface area is 237 Å². The van der Waals surface area contributed by atoms with Gasteiger partial charge < -0.3 is 25.1 Å². The van der Waals surface area contributed by atoms with Crippen LogP contribution in [0.25, 0.3) is 0 Å². The molecular weight excluding hydrogens is 506 g/mol. The zero-order valence-electron chi connectivity index (χ0n) is 23.9. The highest BCUT2D eigenvalue weighted by atomic mass is 16.5. The lowest BCUT2D eigenvalue weighted by atomic mass is 9.92. The Morgan fingerprint density at radius 2 is 1.48 bits per heavy atom. The van der Waals surface area contributed by atoms with Gasteiger partial charge >= 0.3 is 6.09 Å². The summed E-state index contributed by atoms with van der Waals surface area (Å²) in [7, 11) is 0. The number of amides is 3. The molecule has 0 radical (unpaired) electrons. The number of rotatable bonds is 13. The van der Waals surface area contributed by atoms with Crippen molar-refractivity contribution in [3.63, 3.8) is 0 Å². The molecule has 3 atom stereocenters. The van der Waals surface area contributed by atoms with Gasteiger partial charge in [0.05, 0.1) is 6.04 Å². The maximum Gasteiger partial charge on any atom is 0.408 e. The molecule has 3 amide bonds. The Balaban J connectivity index is 1.79. The summed E-state index contributed by atoms with van der Waals surface area (Å²) in [5.41, 5.74) is 1.72. The van der Waals surface area contributed by atoms with Gasteiger partial charge in [-0.2, -0.15) is 0 Å². The summed E-state index contributed by atoms with van der Waals surface area (Å²) in [6, 6.07) is 16.3. The summed E-state index contributed by atoms with van der Waals surface area (Å²) < 4.78 is 5.36. The first-order valence-electron chi connectivity index (χ1n) is 14.4. The third-order valence-corrected chi connectivity index (χ3v) is 7.28. The highest BCUT2D eigenvalue weighted by molar-refractivity contribution is 5.92. The van der Waals surface area contributed by atoms with Crippen LogP contribution in [0.2, 0.25) is 0 Å². The second-order valence-corrected chi connectivity index (χ2v) is 11.1. The molecule has 0 aliphatic heterocycles. The van der Waals surface area contributed by atoms with Crippen molar-refractivity contribution >= 4 is 24.2 Å². The van der Waals surface area contributed by atoms with Crippen LogP contribution in [-0.2, 0) is 32.1 Å². The fourth-order valence-electron chi connectivity index (χ4n) is 5.25. The van der Waals surface area contributed by atoms with E-state index in [1.165, 1.54) is 0 Å². The van der Waals surface area contributed by atoms with E-state index in [4.69, 9.17) is 4.74 Å². The van der Waals surface area contributed by atoms with Crippen LogP contribution in [0.3, 0.4) is 0 Å². The molecule has 0 bridgehead atoms.